The van der Waals surface area contributed by atoms with Gasteiger partial charge in [0.05, 0.1) is 0 Å². The Morgan fingerprint density at radius 2 is 2.19 bits per heavy atom. The maximum atomic E-state index is 11.6. The number of hydrogen-bond acceptors (Lipinski definition) is 2. The van der Waals surface area contributed by atoms with Crippen LogP contribution in [0.15, 0.2) is 0 Å². The van der Waals surface area contributed by atoms with Gasteiger partial charge in [0.25, 0.3) is 0 Å². The first kappa shape index (κ1) is 14.4. The van der Waals surface area contributed by atoms with Crippen molar-refractivity contribution in [3.8, 4) is 0 Å². The quantitative estimate of drug-likeness (QED) is 0.603. The molecule has 0 aromatic rings. The predicted octanol–water partition coefficient (Wildman–Crippen LogP) is 3.20. The summed E-state index contributed by atoms with van der Waals surface area (Å²) >= 11 is 5.52. The second kappa shape index (κ2) is 8.40. The highest BCUT2D eigenvalue weighted by Crippen LogP contribution is 2.24. The van der Waals surface area contributed by atoms with Gasteiger partial charge in [-0.2, -0.15) is 11.8 Å². The van der Waals surface area contributed by atoms with Crippen molar-refractivity contribution in [3.05, 3.63) is 0 Å². The fourth-order valence-electron chi connectivity index (χ4n) is 1.90. The first-order chi connectivity index (χ1) is 7.68. The molecular formula is C12H22BrNOS. The van der Waals surface area contributed by atoms with Gasteiger partial charge < -0.3 is 5.32 Å². The van der Waals surface area contributed by atoms with E-state index in [1.54, 1.807) is 0 Å². The molecule has 0 aromatic heterocycles. The molecule has 0 spiro atoms. The molecule has 1 rings (SSSR count). The zero-order chi connectivity index (χ0) is 11.8. The highest BCUT2D eigenvalue weighted by atomic mass is 79.9. The van der Waals surface area contributed by atoms with Gasteiger partial charge in [-0.1, -0.05) is 22.9 Å². The third-order valence-corrected chi connectivity index (χ3v) is 4.42. The second-order valence-electron chi connectivity index (χ2n) is 4.53. The van der Waals surface area contributed by atoms with Gasteiger partial charge in [0.15, 0.2) is 0 Å². The van der Waals surface area contributed by atoms with E-state index in [9.17, 15) is 4.79 Å². The molecule has 1 aliphatic rings. The van der Waals surface area contributed by atoms with Crippen molar-refractivity contribution in [1.82, 2.24) is 5.32 Å². The first-order valence-electron chi connectivity index (χ1n) is 6.17. The lowest BCUT2D eigenvalue weighted by Crippen LogP contribution is -2.27. The molecule has 2 nitrogen and oxygen atoms in total. The van der Waals surface area contributed by atoms with Crippen LogP contribution in [0.3, 0.4) is 0 Å². The van der Waals surface area contributed by atoms with Gasteiger partial charge in [0.1, 0.15) is 0 Å². The number of alkyl halides is 1. The minimum atomic E-state index is 0.249. The smallest absolute Gasteiger partial charge is 0.220 e. The Bertz CT molecular complexity index is 205. The average Bonchev–Trinajstić information content (AvgIpc) is 2.25. The molecule has 16 heavy (non-hydrogen) atoms. The van der Waals surface area contributed by atoms with Crippen molar-refractivity contribution < 1.29 is 4.79 Å². The molecule has 94 valence electrons. The lowest BCUT2D eigenvalue weighted by atomic mass is 9.98. The molecule has 1 N–H and O–H groups in total. The van der Waals surface area contributed by atoms with Gasteiger partial charge in [-0.25, -0.2) is 0 Å². The minimum Gasteiger partial charge on any atom is -0.356 e. The summed E-state index contributed by atoms with van der Waals surface area (Å²) in [5.41, 5.74) is 0. The van der Waals surface area contributed by atoms with Crippen molar-refractivity contribution in [2.45, 2.75) is 43.9 Å². The van der Waals surface area contributed by atoms with E-state index in [4.69, 9.17) is 0 Å². The van der Waals surface area contributed by atoms with E-state index in [0.29, 0.717) is 10.7 Å². The molecule has 4 heteroatoms. The van der Waals surface area contributed by atoms with Crippen LogP contribution in [-0.2, 0) is 4.79 Å². The first-order valence-corrected chi connectivity index (χ1v) is 8.24. The monoisotopic (exact) mass is 307 g/mol. The van der Waals surface area contributed by atoms with Crippen LogP contribution in [0, 0.1) is 5.92 Å². The summed E-state index contributed by atoms with van der Waals surface area (Å²) in [6.45, 7) is 2.97. The molecule has 0 bridgehead atoms. The normalized spacial score (nSPS) is 19.4. The summed E-state index contributed by atoms with van der Waals surface area (Å²) in [6.07, 6.45) is 5.37. The largest absolute Gasteiger partial charge is 0.356 e. The molecule has 1 aliphatic heterocycles. The van der Waals surface area contributed by atoms with Crippen LogP contribution in [0.1, 0.15) is 39.0 Å². The van der Waals surface area contributed by atoms with Crippen LogP contribution in [-0.4, -0.2) is 28.8 Å². The molecule has 1 atom stereocenters. The maximum Gasteiger partial charge on any atom is 0.220 e. The summed E-state index contributed by atoms with van der Waals surface area (Å²) in [5.74, 6) is 3.36. The van der Waals surface area contributed by atoms with Crippen molar-refractivity contribution in [2.75, 3.05) is 18.1 Å². The number of rotatable bonds is 6. The molecule has 1 fully saturated rings. The number of halogens is 1. The Kier molecular flexibility index (Phi) is 7.54. The molecule has 0 aromatic carbocycles. The highest BCUT2D eigenvalue weighted by molar-refractivity contribution is 9.09. The predicted molar refractivity (Wildman–Crippen MR) is 75.3 cm³/mol. The molecule has 0 saturated carbocycles. The maximum absolute atomic E-state index is 11.6. The number of carbonyl (C=O) groups excluding carboxylic acids is 1. The highest BCUT2D eigenvalue weighted by Gasteiger charge is 2.16. The number of thioether (sulfide) groups is 1. The molecule has 1 unspecified atom stereocenters. The number of carbonyl (C=O) groups is 1. The zero-order valence-corrected chi connectivity index (χ0v) is 12.4. The number of amides is 1. The van der Waals surface area contributed by atoms with Crippen molar-refractivity contribution in [1.29, 1.82) is 0 Å². The van der Waals surface area contributed by atoms with Crippen molar-refractivity contribution >= 4 is 33.6 Å². The average molecular weight is 308 g/mol. The zero-order valence-electron chi connectivity index (χ0n) is 10.0. The van der Waals surface area contributed by atoms with Gasteiger partial charge in [-0.3, -0.25) is 4.79 Å². The molecule has 1 amide bonds. The van der Waals surface area contributed by atoms with Gasteiger partial charge in [0.2, 0.25) is 5.91 Å². The Labute approximate surface area is 111 Å². The van der Waals surface area contributed by atoms with E-state index in [2.05, 4.69) is 28.2 Å². The minimum absolute atomic E-state index is 0.249. The molecule has 0 aliphatic carbocycles. The van der Waals surface area contributed by atoms with Gasteiger partial charge >= 0.3 is 0 Å². The van der Waals surface area contributed by atoms with Gasteiger partial charge in [-0.15, -0.1) is 0 Å². The Morgan fingerprint density at radius 1 is 1.50 bits per heavy atom. The van der Waals surface area contributed by atoms with E-state index in [0.717, 1.165) is 25.8 Å². The standard InChI is InChI=1S/C12H22BrNOS/c1-10(13)3-2-6-14-12(15)9-11-4-7-16-8-5-11/h10-11H,2-9H2,1H3,(H,14,15). The molecular weight excluding hydrogens is 286 g/mol. The van der Waals surface area contributed by atoms with E-state index in [1.807, 2.05) is 11.8 Å². The lowest BCUT2D eigenvalue weighted by molar-refractivity contribution is -0.122. The Hall–Kier alpha value is 0.300. The Morgan fingerprint density at radius 3 is 2.81 bits per heavy atom. The summed E-state index contributed by atoms with van der Waals surface area (Å²) < 4.78 is 0. The van der Waals surface area contributed by atoms with Gasteiger partial charge in [-0.05, 0) is 43.1 Å². The third kappa shape index (κ3) is 6.79. The summed E-state index contributed by atoms with van der Waals surface area (Å²) in [5, 5.41) is 3.02. The SMILES string of the molecule is CC(Br)CCCNC(=O)CC1CCSCC1. The number of nitrogens with one attached hydrogen (secondary N) is 1. The van der Waals surface area contributed by atoms with E-state index >= 15 is 0 Å². The lowest BCUT2D eigenvalue weighted by Gasteiger charge is -2.20. The van der Waals surface area contributed by atoms with Crippen LogP contribution >= 0.6 is 27.7 Å². The second-order valence-corrected chi connectivity index (χ2v) is 7.32. The summed E-state index contributed by atoms with van der Waals surface area (Å²) in [6, 6.07) is 0. The van der Waals surface area contributed by atoms with Crippen LogP contribution in [0.25, 0.3) is 0 Å². The van der Waals surface area contributed by atoms with Gasteiger partial charge in [0, 0.05) is 17.8 Å². The van der Waals surface area contributed by atoms with Crippen LogP contribution in [0.5, 0.6) is 0 Å². The molecule has 0 radical (unpaired) electrons. The van der Waals surface area contributed by atoms with Crippen LogP contribution in [0.4, 0.5) is 0 Å². The topological polar surface area (TPSA) is 29.1 Å². The molecule has 1 heterocycles. The summed E-state index contributed by atoms with van der Waals surface area (Å²) in [4.78, 5) is 12.2. The molecule has 1 saturated heterocycles. The van der Waals surface area contributed by atoms with E-state index in [-0.39, 0.29) is 5.91 Å². The Balaban J connectivity index is 2.01. The van der Waals surface area contributed by atoms with Crippen molar-refractivity contribution in [3.63, 3.8) is 0 Å². The van der Waals surface area contributed by atoms with Crippen molar-refractivity contribution in [2.24, 2.45) is 5.92 Å². The fourth-order valence-corrected chi connectivity index (χ4v) is 3.42. The number of hydrogen-bond donors (Lipinski definition) is 1. The third-order valence-electron chi connectivity index (χ3n) is 2.92. The van der Waals surface area contributed by atoms with E-state index in [1.165, 1.54) is 24.3 Å². The summed E-state index contributed by atoms with van der Waals surface area (Å²) in [7, 11) is 0. The van der Waals surface area contributed by atoms with Crippen LogP contribution in [0.2, 0.25) is 0 Å². The van der Waals surface area contributed by atoms with E-state index < -0.39 is 0 Å². The fraction of sp³-hybridized carbons (Fsp3) is 0.917. The van der Waals surface area contributed by atoms with Crippen LogP contribution < -0.4 is 5.32 Å².